The summed E-state index contributed by atoms with van der Waals surface area (Å²) in [5, 5.41) is 13.6. The van der Waals surface area contributed by atoms with Crippen LogP contribution in [-0.4, -0.2) is 17.0 Å². The molecule has 1 amide bonds. The monoisotopic (exact) mass is 419 g/mol. The van der Waals surface area contributed by atoms with E-state index in [2.05, 4.69) is 5.32 Å². The molecule has 0 radical (unpaired) electrons. The van der Waals surface area contributed by atoms with Crippen molar-refractivity contribution in [2.45, 2.75) is 33.2 Å². The molecule has 0 fully saturated rings. The maximum atomic E-state index is 12.7. The van der Waals surface area contributed by atoms with Crippen LogP contribution in [0, 0.1) is 20.8 Å². The lowest BCUT2D eigenvalue weighted by atomic mass is 9.99. The smallest absolute Gasteiger partial charge is 0.340 e. The van der Waals surface area contributed by atoms with E-state index in [1.54, 1.807) is 43.5 Å². The average molecular weight is 419 g/mol. The molecule has 0 aliphatic heterocycles. The van der Waals surface area contributed by atoms with E-state index in [-0.39, 0.29) is 12.0 Å². The van der Waals surface area contributed by atoms with Crippen LogP contribution in [0.1, 0.15) is 33.9 Å². The van der Waals surface area contributed by atoms with Gasteiger partial charge in [-0.05, 0) is 43.5 Å². The molecule has 1 atom stereocenters. The molecule has 0 bridgehead atoms. The summed E-state index contributed by atoms with van der Waals surface area (Å²) in [6.45, 7) is 5.50. The Bertz CT molecular complexity index is 1380. The number of hydrogen-bond acceptors (Lipinski definition) is 5. The van der Waals surface area contributed by atoms with Crippen LogP contribution in [0.15, 0.2) is 56.3 Å². The Morgan fingerprint density at radius 2 is 1.74 bits per heavy atom. The fourth-order valence-corrected chi connectivity index (χ4v) is 3.83. The molecule has 0 aliphatic carbocycles. The van der Waals surface area contributed by atoms with Gasteiger partial charge in [0.05, 0.1) is 18.2 Å². The molecule has 2 N–H and O–H groups in total. The highest BCUT2D eigenvalue weighted by Gasteiger charge is 2.24. The third kappa shape index (κ3) is 3.59. The Kier molecular flexibility index (Phi) is 5.10. The summed E-state index contributed by atoms with van der Waals surface area (Å²) in [5.74, 6) is -1.77. The predicted molar refractivity (Wildman–Crippen MR) is 115 cm³/mol. The number of carbonyl (C=O) groups excluding carboxylic acids is 1. The highest BCUT2D eigenvalue weighted by molar-refractivity contribution is 6.00. The number of benzene rings is 2. The zero-order valence-electron chi connectivity index (χ0n) is 17.3. The molecule has 0 spiro atoms. The van der Waals surface area contributed by atoms with Gasteiger partial charge in [-0.1, -0.05) is 30.3 Å². The molecule has 0 saturated carbocycles. The molecule has 31 heavy (non-hydrogen) atoms. The van der Waals surface area contributed by atoms with Crippen LogP contribution in [0.3, 0.4) is 0 Å². The first kappa shape index (κ1) is 20.4. The van der Waals surface area contributed by atoms with Gasteiger partial charge in [0.25, 0.3) is 0 Å². The summed E-state index contributed by atoms with van der Waals surface area (Å²) in [6, 6.07) is 9.07. The van der Waals surface area contributed by atoms with Crippen molar-refractivity contribution < 1.29 is 23.5 Å². The Labute approximate surface area is 177 Å². The van der Waals surface area contributed by atoms with Gasteiger partial charge in [-0.3, -0.25) is 4.79 Å². The van der Waals surface area contributed by atoms with Gasteiger partial charge in [-0.25, -0.2) is 9.59 Å². The van der Waals surface area contributed by atoms with Crippen LogP contribution in [0.25, 0.3) is 21.9 Å². The molecule has 7 heteroatoms. The number of nitrogens with one attached hydrogen (secondary N) is 1. The third-order valence-corrected chi connectivity index (χ3v) is 5.56. The number of furan rings is 1. The molecule has 158 valence electrons. The van der Waals surface area contributed by atoms with Crippen molar-refractivity contribution in [2.24, 2.45) is 0 Å². The first-order valence-electron chi connectivity index (χ1n) is 9.78. The Morgan fingerprint density at radius 3 is 2.42 bits per heavy atom. The summed E-state index contributed by atoms with van der Waals surface area (Å²) in [4.78, 5) is 37.0. The van der Waals surface area contributed by atoms with Crippen molar-refractivity contribution in [3.05, 3.63) is 80.9 Å². The van der Waals surface area contributed by atoms with Crippen molar-refractivity contribution in [3.8, 4) is 0 Å². The van der Waals surface area contributed by atoms with Gasteiger partial charge in [0.1, 0.15) is 11.2 Å². The van der Waals surface area contributed by atoms with E-state index >= 15 is 0 Å². The Morgan fingerprint density at radius 1 is 1.03 bits per heavy atom. The van der Waals surface area contributed by atoms with Crippen LogP contribution in [-0.2, 0) is 16.0 Å². The average Bonchev–Trinajstić information content (AvgIpc) is 3.12. The van der Waals surface area contributed by atoms with Crippen molar-refractivity contribution in [1.82, 2.24) is 5.32 Å². The zero-order chi connectivity index (χ0) is 22.3. The van der Waals surface area contributed by atoms with Crippen molar-refractivity contribution >= 4 is 33.8 Å². The molecular weight excluding hydrogens is 398 g/mol. The SMILES string of the molecule is Cc1coc2c(C)c3oc(=O)c(CC(=O)N[C@H](C(=O)O)c4ccccc4)c(C)c3cc12. The Hall–Kier alpha value is -3.87. The van der Waals surface area contributed by atoms with Crippen molar-refractivity contribution in [1.29, 1.82) is 0 Å². The molecule has 2 aromatic carbocycles. The summed E-state index contributed by atoms with van der Waals surface area (Å²) in [7, 11) is 0. The van der Waals surface area contributed by atoms with E-state index in [0.717, 1.165) is 16.3 Å². The second-order valence-corrected chi connectivity index (χ2v) is 7.59. The van der Waals surface area contributed by atoms with Gasteiger partial charge in [-0.2, -0.15) is 0 Å². The molecule has 0 aliphatic rings. The zero-order valence-corrected chi connectivity index (χ0v) is 17.3. The normalized spacial score (nSPS) is 12.2. The quantitative estimate of drug-likeness (QED) is 0.474. The molecule has 2 heterocycles. The van der Waals surface area contributed by atoms with Gasteiger partial charge in [-0.15, -0.1) is 0 Å². The molecule has 4 rings (SSSR count). The molecule has 4 aromatic rings. The second-order valence-electron chi connectivity index (χ2n) is 7.59. The fraction of sp³-hybridized carbons (Fsp3) is 0.208. The Balaban J connectivity index is 1.72. The van der Waals surface area contributed by atoms with E-state index in [1.807, 2.05) is 19.9 Å². The van der Waals surface area contributed by atoms with Crippen LogP contribution < -0.4 is 10.9 Å². The van der Waals surface area contributed by atoms with Crippen molar-refractivity contribution in [3.63, 3.8) is 0 Å². The second kappa shape index (κ2) is 7.75. The molecule has 2 aromatic heterocycles. The highest BCUT2D eigenvalue weighted by Crippen LogP contribution is 2.32. The summed E-state index contributed by atoms with van der Waals surface area (Å²) in [5.41, 5.74) is 3.38. The summed E-state index contributed by atoms with van der Waals surface area (Å²) < 4.78 is 11.1. The number of carboxylic acids is 1. The molecule has 0 saturated heterocycles. The highest BCUT2D eigenvalue weighted by atomic mass is 16.4. The van der Waals surface area contributed by atoms with Crippen LogP contribution >= 0.6 is 0 Å². The van der Waals surface area contributed by atoms with Gasteiger partial charge < -0.3 is 19.3 Å². The largest absolute Gasteiger partial charge is 0.479 e. The van der Waals surface area contributed by atoms with Gasteiger partial charge >= 0.3 is 11.6 Å². The third-order valence-electron chi connectivity index (χ3n) is 5.56. The maximum Gasteiger partial charge on any atom is 0.340 e. The predicted octanol–water partition coefficient (Wildman–Crippen LogP) is 3.95. The van der Waals surface area contributed by atoms with Crippen LogP contribution in [0.4, 0.5) is 0 Å². The lowest BCUT2D eigenvalue weighted by molar-refractivity contribution is -0.142. The lowest BCUT2D eigenvalue weighted by Crippen LogP contribution is -2.35. The molecule has 0 unspecified atom stereocenters. The van der Waals surface area contributed by atoms with Gasteiger partial charge in [0, 0.05) is 16.3 Å². The van der Waals surface area contributed by atoms with Gasteiger partial charge in [0.2, 0.25) is 5.91 Å². The number of fused-ring (bicyclic) bond motifs is 2. The standard InChI is InChI=1S/C24H21NO6/c1-12-11-30-21-14(3)22-17(9-16(12)21)13(2)18(24(29)31-22)10-19(26)25-20(23(27)28)15-7-5-4-6-8-15/h4-9,11,20H,10H2,1-3H3,(H,25,26)(H,27,28)/t20-/m0/s1. The maximum absolute atomic E-state index is 12.7. The number of amides is 1. The van der Waals surface area contributed by atoms with Crippen LogP contribution in [0.5, 0.6) is 0 Å². The number of aliphatic carboxylic acids is 1. The summed E-state index contributed by atoms with van der Waals surface area (Å²) >= 11 is 0. The van der Waals surface area contributed by atoms with E-state index in [1.165, 1.54) is 0 Å². The van der Waals surface area contributed by atoms with E-state index < -0.39 is 23.5 Å². The van der Waals surface area contributed by atoms with Crippen LogP contribution in [0.2, 0.25) is 0 Å². The number of carbonyl (C=O) groups is 2. The number of aryl methyl sites for hydroxylation is 3. The van der Waals surface area contributed by atoms with E-state index in [0.29, 0.717) is 27.9 Å². The topological polar surface area (TPSA) is 110 Å². The van der Waals surface area contributed by atoms with E-state index in [4.69, 9.17) is 8.83 Å². The first-order valence-corrected chi connectivity index (χ1v) is 9.78. The molecular formula is C24H21NO6. The minimum Gasteiger partial charge on any atom is -0.479 e. The lowest BCUT2D eigenvalue weighted by Gasteiger charge is -2.15. The van der Waals surface area contributed by atoms with E-state index in [9.17, 15) is 19.5 Å². The number of rotatable bonds is 5. The fourth-order valence-electron chi connectivity index (χ4n) is 3.83. The minimum atomic E-state index is -1.21. The first-order chi connectivity index (χ1) is 14.8. The van der Waals surface area contributed by atoms with Gasteiger partial charge in [0.15, 0.2) is 6.04 Å². The molecule has 7 nitrogen and oxygen atoms in total. The number of carboxylic acid groups (broad SMARTS) is 1. The number of hydrogen-bond donors (Lipinski definition) is 2. The van der Waals surface area contributed by atoms with Crippen molar-refractivity contribution in [2.75, 3.05) is 0 Å². The minimum absolute atomic E-state index is 0.196. The summed E-state index contributed by atoms with van der Waals surface area (Å²) in [6.07, 6.45) is 1.36.